The summed E-state index contributed by atoms with van der Waals surface area (Å²) in [5.41, 5.74) is 0.320. The van der Waals surface area contributed by atoms with Crippen molar-refractivity contribution in [1.82, 2.24) is 10.2 Å². The number of carbonyl (C=O) groups excluding carboxylic acids is 1. The fourth-order valence-corrected chi connectivity index (χ4v) is 3.42. The van der Waals surface area contributed by atoms with Crippen molar-refractivity contribution in [3.8, 4) is 5.75 Å². The maximum absolute atomic E-state index is 12.8. The quantitative estimate of drug-likeness (QED) is 0.677. The molecule has 118 valence electrons. The highest BCUT2D eigenvalue weighted by atomic mass is 16.6. The number of benzene rings is 1. The van der Waals surface area contributed by atoms with E-state index >= 15 is 0 Å². The van der Waals surface area contributed by atoms with Crippen molar-refractivity contribution in [3.05, 3.63) is 33.9 Å². The maximum Gasteiger partial charge on any atom is 0.310 e. The van der Waals surface area contributed by atoms with Crippen molar-refractivity contribution >= 4 is 11.6 Å². The lowest BCUT2D eigenvalue weighted by Gasteiger charge is -2.28. The largest absolute Gasteiger partial charge is 0.490 e. The number of hydrogen-bond acceptors (Lipinski definition) is 5. The molecule has 2 heterocycles. The van der Waals surface area contributed by atoms with Gasteiger partial charge in [0.2, 0.25) is 0 Å². The smallest absolute Gasteiger partial charge is 0.310 e. The molecule has 22 heavy (non-hydrogen) atoms. The van der Waals surface area contributed by atoms with E-state index in [0.717, 1.165) is 32.4 Å². The van der Waals surface area contributed by atoms with E-state index in [0.29, 0.717) is 5.56 Å². The summed E-state index contributed by atoms with van der Waals surface area (Å²) in [4.78, 5) is 25.2. The molecule has 7 heteroatoms. The van der Waals surface area contributed by atoms with Gasteiger partial charge in [-0.2, -0.15) is 0 Å². The summed E-state index contributed by atoms with van der Waals surface area (Å²) in [6, 6.07) is 4.79. The number of ether oxygens (including phenoxy) is 1. The summed E-state index contributed by atoms with van der Waals surface area (Å²) < 4.78 is 5.05. The highest BCUT2D eigenvalue weighted by molar-refractivity contribution is 5.95. The van der Waals surface area contributed by atoms with Crippen molar-refractivity contribution in [2.45, 2.75) is 31.3 Å². The van der Waals surface area contributed by atoms with Gasteiger partial charge in [-0.1, -0.05) is 0 Å². The zero-order valence-electron chi connectivity index (χ0n) is 12.4. The monoisotopic (exact) mass is 305 g/mol. The highest BCUT2D eigenvalue weighted by Crippen LogP contribution is 2.32. The van der Waals surface area contributed by atoms with Gasteiger partial charge in [-0.3, -0.25) is 14.9 Å². The van der Waals surface area contributed by atoms with Crippen LogP contribution in [0.4, 0.5) is 5.69 Å². The lowest BCUT2D eigenvalue weighted by Crippen LogP contribution is -2.42. The van der Waals surface area contributed by atoms with E-state index in [9.17, 15) is 14.9 Å². The SMILES string of the molecule is COc1cc(C(=O)N2C3CCNCC2CC3)ccc1[N+](=O)[O-]. The van der Waals surface area contributed by atoms with Crippen LogP contribution in [0.15, 0.2) is 18.2 Å². The van der Waals surface area contributed by atoms with E-state index in [1.54, 1.807) is 0 Å². The molecule has 3 rings (SSSR count). The molecule has 0 radical (unpaired) electrons. The first kappa shape index (κ1) is 14.8. The van der Waals surface area contributed by atoms with Gasteiger partial charge in [0.1, 0.15) is 0 Å². The van der Waals surface area contributed by atoms with Gasteiger partial charge in [0.05, 0.1) is 12.0 Å². The molecule has 1 aromatic carbocycles. The first-order valence-corrected chi connectivity index (χ1v) is 7.47. The molecule has 0 spiro atoms. The number of hydrogen-bond donors (Lipinski definition) is 1. The molecule has 2 fully saturated rings. The number of rotatable bonds is 3. The van der Waals surface area contributed by atoms with E-state index < -0.39 is 4.92 Å². The van der Waals surface area contributed by atoms with Gasteiger partial charge in [0.15, 0.2) is 5.75 Å². The van der Waals surface area contributed by atoms with Crippen molar-refractivity contribution in [2.75, 3.05) is 20.2 Å². The second-order valence-electron chi connectivity index (χ2n) is 5.73. The zero-order valence-corrected chi connectivity index (χ0v) is 12.4. The van der Waals surface area contributed by atoms with E-state index in [-0.39, 0.29) is 29.4 Å². The summed E-state index contributed by atoms with van der Waals surface area (Å²) in [5.74, 6) is 0.0561. The second kappa shape index (κ2) is 5.92. The van der Waals surface area contributed by atoms with Gasteiger partial charge in [-0.25, -0.2) is 0 Å². The van der Waals surface area contributed by atoms with Crippen molar-refractivity contribution in [3.63, 3.8) is 0 Å². The van der Waals surface area contributed by atoms with Crippen molar-refractivity contribution in [1.29, 1.82) is 0 Å². The average Bonchev–Trinajstić information content (AvgIpc) is 2.78. The summed E-state index contributed by atoms with van der Waals surface area (Å²) >= 11 is 0. The fraction of sp³-hybridized carbons (Fsp3) is 0.533. The third-order valence-corrected chi connectivity index (χ3v) is 4.51. The maximum atomic E-state index is 12.8. The number of nitro benzene ring substituents is 1. The van der Waals surface area contributed by atoms with Gasteiger partial charge in [-0.05, 0) is 31.9 Å². The van der Waals surface area contributed by atoms with Crippen LogP contribution < -0.4 is 10.1 Å². The molecule has 2 aliphatic heterocycles. The number of carbonyl (C=O) groups is 1. The molecule has 2 atom stereocenters. The molecule has 0 aliphatic carbocycles. The van der Waals surface area contributed by atoms with E-state index in [1.165, 1.54) is 25.3 Å². The number of nitrogens with zero attached hydrogens (tertiary/aromatic N) is 2. The van der Waals surface area contributed by atoms with Gasteiger partial charge in [0.25, 0.3) is 5.91 Å². The molecule has 7 nitrogen and oxygen atoms in total. The van der Waals surface area contributed by atoms with Crippen LogP contribution >= 0.6 is 0 Å². The average molecular weight is 305 g/mol. The number of methoxy groups -OCH3 is 1. The van der Waals surface area contributed by atoms with Crippen LogP contribution in [0, 0.1) is 10.1 Å². The molecule has 2 saturated heterocycles. The minimum absolute atomic E-state index is 0.0654. The van der Waals surface area contributed by atoms with E-state index in [2.05, 4.69) is 5.32 Å². The standard InChI is InChI=1S/C15H19N3O4/c1-22-14-8-10(2-5-13(14)18(20)21)15(19)17-11-3-4-12(17)9-16-7-6-11/h2,5,8,11-12,16H,3-4,6-7,9H2,1H3. The summed E-state index contributed by atoms with van der Waals surface area (Å²) in [6.07, 6.45) is 2.99. The lowest BCUT2D eigenvalue weighted by molar-refractivity contribution is -0.385. The Bertz CT molecular complexity index is 590. The molecule has 2 bridgehead atoms. The van der Waals surface area contributed by atoms with Crippen LogP contribution in [0.5, 0.6) is 5.75 Å². The van der Waals surface area contributed by atoms with E-state index in [4.69, 9.17) is 4.74 Å². The third-order valence-electron chi connectivity index (χ3n) is 4.51. The number of nitrogens with one attached hydrogen (secondary N) is 1. The Balaban J connectivity index is 1.90. The Morgan fingerprint density at radius 3 is 2.86 bits per heavy atom. The van der Waals surface area contributed by atoms with Gasteiger partial charge >= 0.3 is 5.69 Å². The molecule has 2 aliphatic rings. The summed E-state index contributed by atoms with van der Waals surface area (Å²) in [5, 5.41) is 14.3. The van der Waals surface area contributed by atoms with Gasteiger partial charge in [-0.15, -0.1) is 0 Å². The molecule has 1 aromatic rings. The lowest BCUT2D eigenvalue weighted by atomic mass is 10.1. The highest BCUT2D eigenvalue weighted by Gasteiger charge is 2.38. The molecular formula is C15H19N3O4. The minimum Gasteiger partial charge on any atom is -0.490 e. The van der Waals surface area contributed by atoms with Crippen LogP contribution in [0.2, 0.25) is 0 Å². The number of fused-ring (bicyclic) bond motifs is 2. The minimum atomic E-state index is -0.507. The Morgan fingerprint density at radius 2 is 2.14 bits per heavy atom. The molecule has 2 unspecified atom stereocenters. The van der Waals surface area contributed by atoms with Gasteiger partial charge in [0, 0.05) is 36.3 Å². The molecular weight excluding hydrogens is 286 g/mol. The Labute approximate surface area is 128 Å². The van der Waals surface area contributed by atoms with Crippen LogP contribution in [0.1, 0.15) is 29.6 Å². The summed E-state index contributed by atoms with van der Waals surface area (Å²) in [7, 11) is 1.37. The van der Waals surface area contributed by atoms with Crippen LogP contribution in [-0.2, 0) is 0 Å². The first-order chi connectivity index (χ1) is 10.6. The normalized spacial score (nSPS) is 24.0. The second-order valence-corrected chi connectivity index (χ2v) is 5.73. The Morgan fingerprint density at radius 1 is 1.36 bits per heavy atom. The first-order valence-electron chi connectivity index (χ1n) is 7.47. The van der Waals surface area contributed by atoms with Crippen LogP contribution in [-0.4, -0.2) is 48.0 Å². The van der Waals surface area contributed by atoms with Crippen molar-refractivity contribution in [2.24, 2.45) is 0 Å². The van der Waals surface area contributed by atoms with Crippen molar-refractivity contribution < 1.29 is 14.5 Å². The Kier molecular flexibility index (Phi) is 3.98. The number of amides is 1. The summed E-state index contributed by atoms with van der Waals surface area (Å²) in [6.45, 7) is 1.74. The molecule has 0 aromatic heterocycles. The topological polar surface area (TPSA) is 84.7 Å². The molecule has 0 saturated carbocycles. The fourth-order valence-electron chi connectivity index (χ4n) is 3.42. The molecule has 1 N–H and O–H groups in total. The Hall–Kier alpha value is -2.15. The predicted octanol–water partition coefficient (Wildman–Crippen LogP) is 1.57. The third kappa shape index (κ3) is 2.52. The zero-order chi connectivity index (χ0) is 15.7. The predicted molar refractivity (Wildman–Crippen MR) is 80.1 cm³/mol. The van der Waals surface area contributed by atoms with Gasteiger partial charge < -0.3 is 15.0 Å². The van der Waals surface area contributed by atoms with Crippen LogP contribution in [0.3, 0.4) is 0 Å². The molecule has 1 amide bonds. The number of nitro groups is 1. The van der Waals surface area contributed by atoms with Crippen LogP contribution in [0.25, 0.3) is 0 Å². The van der Waals surface area contributed by atoms with E-state index in [1.807, 2.05) is 4.90 Å².